The van der Waals surface area contributed by atoms with Crippen LogP contribution in [-0.2, 0) is 11.4 Å². The number of esters is 1. The molecule has 0 bridgehead atoms. The summed E-state index contributed by atoms with van der Waals surface area (Å²) >= 11 is 6.03. The first-order chi connectivity index (χ1) is 19.4. The molecular weight excluding hydrogens is 528 g/mol. The van der Waals surface area contributed by atoms with E-state index in [-0.39, 0.29) is 18.2 Å². The number of nitriles is 1. The number of benzene rings is 4. The van der Waals surface area contributed by atoms with Gasteiger partial charge in [-0.2, -0.15) is 5.26 Å². The Morgan fingerprint density at radius 3 is 2.40 bits per heavy atom. The highest BCUT2D eigenvalue weighted by molar-refractivity contribution is 6.31. The minimum atomic E-state index is -0.591. The van der Waals surface area contributed by atoms with Gasteiger partial charge < -0.3 is 24.7 Å². The van der Waals surface area contributed by atoms with Crippen LogP contribution in [0, 0.1) is 18.3 Å². The highest BCUT2D eigenvalue weighted by Crippen LogP contribution is 2.43. The molecule has 0 radical (unpaired) electrons. The van der Waals surface area contributed by atoms with Gasteiger partial charge in [-0.1, -0.05) is 60.1 Å². The number of nitrogens with zero attached hydrogens (tertiary/aromatic N) is 1. The molecule has 0 aromatic heterocycles. The Balaban J connectivity index is 1.30. The summed E-state index contributed by atoms with van der Waals surface area (Å²) in [4.78, 5) is 12.4. The number of fused-ring (bicyclic) bond motifs is 1. The average molecular weight is 553 g/mol. The van der Waals surface area contributed by atoms with Crippen LogP contribution in [0.3, 0.4) is 0 Å². The number of carbonyl (C=O) groups excluding carboxylic acids is 1. The van der Waals surface area contributed by atoms with E-state index in [0.29, 0.717) is 34.5 Å². The predicted molar refractivity (Wildman–Crippen MR) is 150 cm³/mol. The number of ether oxygens (including phenoxy) is 4. The van der Waals surface area contributed by atoms with E-state index >= 15 is 0 Å². The summed E-state index contributed by atoms with van der Waals surface area (Å²) in [5, 5.41) is 10.5. The van der Waals surface area contributed by atoms with E-state index < -0.39 is 11.9 Å². The normalized spacial score (nSPS) is 14.0. The Kier molecular flexibility index (Phi) is 7.90. The largest absolute Gasteiger partial charge is 0.489 e. The number of carbonyl (C=O) groups is 1. The number of hydrogen-bond acceptors (Lipinski definition) is 7. The molecule has 2 N–H and O–H groups in total. The Bertz CT molecular complexity index is 1610. The molecule has 8 heteroatoms. The number of aryl methyl sites for hydroxylation is 1. The van der Waals surface area contributed by atoms with Crippen molar-refractivity contribution in [1.29, 1.82) is 5.26 Å². The summed E-state index contributed by atoms with van der Waals surface area (Å²) in [7, 11) is 0. The van der Waals surface area contributed by atoms with E-state index in [1.807, 2.05) is 61.5 Å². The second-order valence-electron chi connectivity index (χ2n) is 9.14. The summed E-state index contributed by atoms with van der Waals surface area (Å²) in [6, 6.07) is 29.7. The van der Waals surface area contributed by atoms with Crippen LogP contribution in [-0.4, -0.2) is 12.6 Å². The molecule has 7 nitrogen and oxygen atoms in total. The quantitative estimate of drug-likeness (QED) is 0.198. The van der Waals surface area contributed by atoms with Crippen molar-refractivity contribution in [1.82, 2.24) is 0 Å². The van der Waals surface area contributed by atoms with Gasteiger partial charge in [-0.25, -0.2) is 4.79 Å². The van der Waals surface area contributed by atoms with Gasteiger partial charge in [-0.05, 0) is 60.0 Å². The first kappa shape index (κ1) is 26.7. The van der Waals surface area contributed by atoms with E-state index in [2.05, 4.69) is 6.07 Å². The molecule has 0 saturated carbocycles. The molecule has 1 aliphatic heterocycles. The van der Waals surface area contributed by atoms with Crippen LogP contribution in [0.15, 0.2) is 102 Å². The van der Waals surface area contributed by atoms with Crippen molar-refractivity contribution >= 4 is 17.6 Å². The van der Waals surface area contributed by atoms with Crippen molar-refractivity contribution < 1.29 is 23.7 Å². The van der Waals surface area contributed by atoms with Crippen LogP contribution in [0.25, 0.3) is 0 Å². The molecule has 1 unspecified atom stereocenters. The summed E-state index contributed by atoms with van der Waals surface area (Å²) in [5.74, 6) is 0.809. The van der Waals surface area contributed by atoms with Gasteiger partial charge in [-0.3, -0.25) is 0 Å². The van der Waals surface area contributed by atoms with Crippen LogP contribution >= 0.6 is 11.6 Å². The third kappa shape index (κ3) is 6.04. The van der Waals surface area contributed by atoms with Crippen LogP contribution < -0.4 is 24.7 Å². The fourth-order valence-corrected chi connectivity index (χ4v) is 4.47. The number of allylic oxidation sites excluding steroid dienone is 1. The summed E-state index contributed by atoms with van der Waals surface area (Å²) in [6.45, 7) is 2.00. The van der Waals surface area contributed by atoms with Crippen LogP contribution in [0.5, 0.6) is 23.0 Å². The summed E-state index contributed by atoms with van der Waals surface area (Å²) < 4.78 is 22.6. The van der Waals surface area contributed by atoms with E-state index in [1.165, 1.54) is 0 Å². The fourth-order valence-electron chi connectivity index (χ4n) is 4.35. The lowest BCUT2D eigenvalue weighted by Crippen LogP contribution is -2.21. The lowest BCUT2D eigenvalue weighted by Gasteiger charge is -2.26. The van der Waals surface area contributed by atoms with Crippen molar-refractivity contribution in [3.05, 3.63) is 130 Å². The fraction of sp³-hybridized carbons (Fsp3) is 0.125. The topological polar surface area (TPSA) is 104 Å². The molecule has 0 aliphatic carbocycles. The zero-order chi connectivity index (χ0) is 28.1. The second kappa shape index (κ2) is 11.9. The van der Waals surface area contributed by atoms with E-state index in [4.69, 9.17) is 36.3 Å². The molecule has 1 atom stereocenters. The molecule has 40 heavy (non-hydrogen) atoms. The van der Waals surface area contributed by atoms with Gasteiger partial charge >= 0.3 is 5.97 Å². The van der Waals surface area contributed by atoms with Crippen LogP contribution in [0.4, 0.5) is 0 Å². The molecule has 1 heterocycles. The smallest absolute Gasteiger partial charge is 0.349 e. The first-order valence-corrected chi connectivity index (χ1v) is 12.9. The Morgan fingerprint density at radius 2 is 1.68 bits per heavy atom. The lowest BCUT2D eigenvalue weighted by atomic mass is 9.83. The second-order valence-corrected chi connectivity index (χ2v) is 9.55. The standard InChI is InChI=1S/C32H25ClN2O5/c1-20-15-24(12-14-28(20)33)38-19-30(36)39-25-11-13-26-29(16-25)40-32(35)27(17-34)31(26)22-7-9-23(10-8-22)37-18-21-5-3-2-4-6-21/h2-16,31H,18-19,35H2,1H3. The maximum absolute atomic E-state index is 12.4. The molecule has 4 aromatic rings. The molecule has 1 aliphatic rings. The van der Waals surface area contributed by atoms with Gasteiger partial charge in [0.25, 0.3) is 0 Å². The van der Waals surface area contributed by atoms with E-state index in [0.717, 1.165) is 22.3 Å². The van der Waals surface area contributed by atoms with Crippen molar-refractivity contribution in [3.8, 4) is 29.1 Å². The van der Waals surface area contributed by atoms with Gasteiger partial charge in [0.15, 0.2) is 6.61 Å². The molecular formula is C32H25ClN2O5. The molecule has 200 valence electrons. The number of nitrogens with two attached hydrogens (primary N) is 1. The maximum Gasteiger partial charge on any atom is 0.349 e. The summed E-state index contributed by atoms with van der Waals surface area (Å²) in [6.07, 6.45) is 0. The Hall–Kier alpha value is -4.93. The molecule has 0 spiro atoms. The van der Waals surface area contributed by atoms with Crippen LogP contribution in [0.1, 0.15) is 28.2 Å². The van der Waals surface area contributed by atoms with Gasteiger partial charge in [-0.15, -0.1) is 0 Å². The highest BCUT2D eigenvalue weighted by Gasteiger charge is 2.31. The molecule has 0 saturated heterocycles. The molecule has 0 fully saturated rings. The average Bonchev–Trinajstić information content (AvgIpc) is 2.97. The van der Waals surface area contributed by atoms with Crippen molar-refractivity contribution in [2.75, 3.05) is 6.61 Å². The molecule has 0 amide bonds. The van der Waals surface area contributed by atoms with E-state index in [1.54, 1.807) is 36.4 Å². The summed E-state index contributed by atoms with van der Waals surface area (Å²) in [5.41, 5.74) is 9.89. The minimum absolute atomic E-state index is 0.00526. The monoisotopic (exact) mass is 552 g/mol. The number of hydrogen-bond donors (Lipinski definition) is 1. The third-order valence-electron chi connectivity index (χ3n) is 6.37. The first-order valence-electron chi connectivity index (χ1n) is 12.5. The van der Waals surface area contributed by atoms with Gasteiger partial charge in [0.05, 0.1) is 5.92 Å². The lowest BCUT2D eigenvalue weighted by molar-refractivity contribution is -0.136. The van der Waals surface area contributed by atoms with Crippen molar-refractivity contribution in [3.63, 3.8) is 0 Å². The highest BCUT2D eigenvalue weighted by atomic mass is 35.5. The third-order valence-corrected chi connectivity index (χ3v) is 6.79. The van der Waals surface area contributed by atoms with E-state index in [9.17, 15) is 10.1 Å². The van der Waals surface area contributed by atoms with Crippen molar-refractivity contribution in [2.24, 2.45) is 5.73 Å². The number of halogens is 1. The Labute approximate surface area is 236 Å². The van der Waals surface area contributed by atoms with Crippen LogP contribution in [0.2, 0.25) is 5.02 Å². The zero-order valence-electron chi connectivity index (χ0n) is 21.6. The number of rotatable bonds is 8. The van der Waals surface area contributed by atoms with Gasteiger partial charge in [0.2, 0.25) is 5.88 Å². The van der Waals surface area contributed by atoms with Crippen molar-refractivity contribution in [2.45, 2.75) is 19.4 Å². The predicted octanol–water partition coefficient (Wildman–Crippen LogP) is 6.43. The molecule has 5 rings (SSSR count). The van der Waals surface area contributed by atoms with Gasteiger partial charge in [0.1, 0.15) is 41.2 Å². The maximum atomic E-state index is 12.4. The SMILES string of the molecule is Cc1cc(OCC(=O)Oc2ccc3c(c2)OC(N)=C(C#N)C3c2ccc(OCc3ccccc3)cc2)ccc1Cl. The molecule has 4 aromatic carbocycles. The minimum Gasteiger partial charge on any atom is -0.489 e. The van der Waals surface area contributed by atoms with Gasteiger partial charge in [0, 0.05) is 16.7 Å². The Morgan fingerprint density at radius 1 is 0.950 bits per heavy atom. The zero-order valence-corrected chi connectivity index (χ0v) is 22.4.